The molecule has 4 fully saturated rings. The summed E-state index contributed by atoms with van der Waals surface area (Å²) in [7, 11) is 0. The maximum Gasteiger partial charge on any atom is 0.287 e. The van der Waals surface area contributed by atoms with Gasteiger partial charge in [-0.1, -0.05) is 52.4 Å². The van der Waals surface area contributed by atoms with Crippen molar-refractivity contribution in [3.05, 3.63) is 0 Å². The quantitative estimate of drug-likeness (QED) is 0.480. The van der Waals surface area contributed by atoms with Crippen molar-refractivity contribution in [3.8, 4) is 0 Å². The van der Waals surface area contributed by atoms with Crippen LogP contribution in [0.5, 0.6) is 0 Å². The van der Waals surface area contributed by atoms with E-state index in [9.17, 15) is 19.2 Å². The first kappa shape index (κ1) is 23.2. The molecule has 3 saturated carbocycles. The lowest BCUT2D eigenvalue weighted by Crippen LogP contribution is -2.58. The molecular formula is C24H38N4O4. The molecule has 3 aliphatic carbocycles. The highest BCUT2D eigenvalue weighted by molar-refractivity contribution is 6.37. The molecule has 5 N–H and O–H groups in total. The average Bonchev–Trinajstić information content (AvgIpc) is 3.08. The number of amides is 3. The van der Waals surface area contributed by atoms with E-state index in [0.717, 1.165) is 44.9 Å². The Bertz CT molecular complexity index is 787. The lowest BCUT2D eigenvalue weighted by atomic mass is 9.80. The largest absolute Gasteiger partial charge is 0.363 e. The van der Waals surface area contributed by atoms with Gasteiger partial charge in [0, 0.05) is 6.54 Å². The molecule has 32 heavy (non-hydrogen) atoms. The molecule has 1 heterocycles. The number of nitrogens with one attached hydrogen (secondary N) is 1. The molecule has 1 saturated heterocycles. The zero-order chi connectivity index (χ0) is 23.2. The van der Waals surface area contributed by atoms with Gasteiger partial charge in [-0.3, -0.25) is 19.2 Å². The van der Waals surface area contributed by atoms with Gasteiger partial charge in [-0.05, 0) is 48.3 Å². The van der Waals surface area contributed by atoms with Crippen LogP contribution in [-0.4, -0.2) is 53.1 Å². The maximum absolute atomic E-state index is 13.5. The molecule has 8 heteroatoms. The number of Topliss-reactive ketones (excluding diaryl/α,β-unsaturated/α-hetero) is 1. The first-order valence-corrected chi connectivity index (χ1v) is 12.3. The maximum atomic E-state index is 13.5. The summed E-state index contributed by atoms with van der Waals surface area (Å²) >= 11 is 0. The number of likely N-dealkylation sites (tertiary alicyclic amines) is 1. The first-order valence-electron chi connectivity index (χ1n) is 12.3. The van der Waals surface area contributed by atoms with Crippen LogP contribution in [0.3, 0.4) is 0 Å². The molecule has 4 aliphatic rings. The van der Waals surface area contributed by atoms with Crippen molar-refractivity contribution in [2.45, 2.75) is 89.8 Å². The van der Waals surface area contributed by atoms with E-state index in [1.165, 1.54) is 6.42 Å². The number of rotatable bonds is 8. The second kappa shape index (κ2) is 8.76. The fourth-order valence-corrected chi connectivity index (χ4v) is 6.42. The molecule has 178 valence electrons. The van der Waals surface area contributed by atoms with Gasteiger partial charge in [0.15, 0.2) is 0 Å². The zero-order valence-corrected chi connectivity index (χ0v) is 19.3. The number of ketones is 1. The van der Waals surface area contributed by atoms with E-state index in [-0.39, 0.29) is 35.0 Å². The number of carbonyl (C=O) groups excluding carboxylic acids is 4. The van der Waals surface area contributed by atoms with Gasteiger partial charge >= 0.3 is 0 Å². The van der Waals surface area contributed by atoms with Crippen LogP contribution in [0.15, 0.2) is 0 Å². The van der Waals surface area contributed by atoms with E-state index in [4.69, 9.17) is 11.5 Å². The van der Waals surface area contributed by atoms with E-state index < -0.39 is 29.8 Å². The second-order valence-electron chi connectivity index (χ2n) is 11.1. The Balaban J connectivity index is 1.49. The van der Waals surface area contributed by atoms with E-state index in [2.05, 4.69) is 19.2 Å². The summed E-state index contributed by atoms with van der Waals surface area (Å²) in [4.78, 5) is 52.5. The lowest BCUT2D eigenvalue weighted by molar-refractivity contribution is -0.144. The number of primary amides is 1. The Morgan fingerprint density at radius 2 is 1.69 bits per heavy atom. The standard InChI is InChI=1S/C24H38N4O4/c1-24(2)15-12-28(23(32)18(25)14-9-4-3-5-10-14)19(17(15)24)22(31)27-16(20(29)21(26)30)11-13-7-6-8-13/h13-19H,3-12,25H2,1-2H3,(H2,26,30)(H,27,31)/t15?,16?,17-,18+,19?/m1/s1. The predicted octanol–water partition coefficient (Wildman–Crippen LogP) is 1.11. The normalized spacial score (nSPS) is 31.2. The molecule has 4 rings (SSSR count). The first-order chi connectivity index (χ1) is 15.1. The Labute approximate surface area is 190 Å². The van der Waals surface area contributed by atoms with Crippen LogP contribution >= 0.6 is 0 Å². The Hall–Kier alpha value is -1.96. The SMILES string of the molecule is CC1(C)C2CN(C(=O)[C@@H](N)C3CCCCC3)C(C(=O)NC(CC3CCC3)C(=O)C(N)=O)[C@@H]21. The van der Waals surface area contributed by atoms with Gasteiger partial charge in [0.2, 0.25) is 17.6 Å². The summed E-state index contributed by atoms with van der Waals surface area (Å²) in [6.07, 6.45) is 8.75. The smallest absolute Gasteiger partial charge is 0.287 e. The fraction of sp³-hybridized carbons (Fsp3) is 0.833. The molecule has 5 atom stereocenters. The van der Waals surface area contributed by atoms with Crippen molar-refractivity contribution in [3.63, 3.8) is 0 Å². The Morgan fingerprint density at radius 3 is 2.25 bits per heavy atom. The van der Waals surface area contributed by atoms with Crippen LogP contribution in [-0.2, 0) is 19.2 Å². The molecule has 1 aliphatic heterocycles. The van der Waals surface area contributed by atoms with E-state index in [0.29, 0.717) is 18.9 Å². The van der Waals surface area contributed by atoms with E-state index in [1.54, 1.807) is 4.90 Å². The molecule has 0 spiro atoms. The highest BCUT2D eigenvalue weighted by Crippen LogP contribution is 2.65. The number of hydrogen-bond acceptors (Lipinski definition) is 5. The molecule has 0 aromatic heterocycles. The van der Waals surface area contributed by atoms with Gasteiger partial charge in [-0.15, -0.1) is 0 Å². The predicted molar refractivity (Wildman–Crippen MR) is 119 cm³/mol. The topological polar surface area (TPSA) is 136 Å². The Kier molecular flexibility index (Phi) is 6.36. The van der Waals surface area contributed by atoms with Crippen LogP contribution in [0.1, 0.15) is 71.6 Å². The van der Waals surface area contributed by atoms with Gasteiger partial charge < -0.3 is 21.7 Å². The number of nitrogens with two attached hydrogens (primary N) is 2. The van der Waals surface area contributed by atoms with Crippen LogP contribution in [0.2, 0.25) is 0 Å². The van der Waals surface area contributed by atoms with Crippen LogP contribution in [0.25, 0.3) is 0 Å². The lowest BCUT2D eigenvalue weighted by Gasteiger charge is -2.36. The van der Waals surface area contributed by atoms with Gasteiger partial charge in [0.05, 0.1) is 12.1 Å². The van der Waals surface area contributed by atoms with Crippen LogP contribution in [0.4, 0.5) is 0 Å². The third-order valence-corrected chi connectivity index (χ3v) is 8.87. The highest BCUT2D eigenvalue weighted by atomic mass is 16.2. The minimum absolute atomic E-state index is 0.0368. The summed E-state index contributed by atoms with van der Waals surface area (Å²) in [5, 5.41) is 2.81. The van der Waals surface area contributed by atoms with Gasteiger partial charge in [0.1, 0.15) is 6.04 Å². The number of fused-ring (bicyclic) bond motifs is 1. The average molecular weight is 447 g/mol. The fourth-order valence-electron chi connectivity index (χ4n) is 6.42. The van der Waals surface area contributed by atoms with Crippen LogP contribution in [0, 0.1) is 29.1 Å². The van der Waals surface area contributed by atoms with Crippen molar-refractivity contribution in [2.75, 3.05) is 6.54 Å². The van der Waals surface area contributed by atoms with Crippen molar-refractivity contribution in [1.29, 1.82) is 0 Å². The number of piperidine rings is 1. The molecule has 0 bridgehead atoms. The molecule has 3 unspecified atom stereocenters. The van der Waals surface area contributed by atoms with Crippen molar-refractivity contribution >= 4 is 23.5 Å². The molecule has 3 amide bonds. The number of hydrogen-bond donors (Lipinski definition) is 3. The van der Waals surface area contributed by atoms with Gasteiger partial charge in [0.25, 0.3) is 5.91 Å². The van der Waals surface area contributed by atoms with Gasteiger partial charge in [-0.25, -0.2) is 0 Å². The van der Waals surface area contributed by atoms with Crippen molar-refractivity contribution in [2.24, 2.45) is 40.6 Å². The van der Waals surface area contributed by atoms with Crippen molar-refractivity contribution in [1.82, 2.24) is 10.2 Å². The number of nitrogens with zero attached hydrogens (tertiary/aromatic N) is 1. The van der Waals surface area contributed by atoms with Crippen LogP contribution < -0.4 is 16.8 Å². The van der Waals surface area contributed by atoms with Crippen molar-refractivity contribution < 1.29 is 19.2 Å². The molecule has 0 aromatic carbocycles. The van der Waals surface area contributed by atoms with E-state index in [1.807, 2.05) is 0 Å². The third kappa shape index (κ3) is 4.18. The summed E-state index contributed by atoms with van der Waals surface area (Å²) in [6.45, 7) is 4.75. The molecule has 8 nitrogen and oxygen atoms in total. The Morgan fingerprint density at radius 1 is 1.03 bits per heavy atom. The monoisotopic (exact) mass is 446 g/mol. The third-order valence-electron chi connectivity index (χ3n) is 8.87. The minimum atomic E-state index is -1.03. The number of carbonyl (C=O) groups is 4. The van der Waals surface area contributed by atoms with E-state index >= 15 is 0 Å². The summed E-state index contributed by atoms with van der Waals surface area (Å²) in [5.41, 5.74) is 11.6. The summed E-state index contributed by atoms with van der Waals surface area (Å²) in [5.74, 6) is -1.54. The minimum Gasteiger partial charge on any atom is -0.363 e. The molecule has 0 radical (unpaired) electrons. The highest BCUT2D eigenvalue weighted by Gasteiger charge is 2.69. The summed E-state index contributed by atoms with van der Waals surface area (Å²) < 4.78 is 0. The zero-order valence-electron chi connectivity index (χ0n) is 19.3. The molecule has 0 aromatic rings. The molecular weight excluding hydrogens is 408 g/mol. The second-order valence-corrected chi connectivity index (χ2v) is 11.1. The summed E-state index contributed by atoms with van der Waals surface area (Å²) in [6, 6.07) is -2.17. The van der Waals surface area contributed by atoms with Gasteiger partial charge in [-0.2, -0.15) is 0 Å².